The van der Waals surface area contributed by atoms with Gasteiger partial charge in [-0.2, -0.15) is 0 Å². The molecule has 3 rings (SSSR count). The van der Waals surface area contributed by atoms with E-state index < -0.39 is 0 Å². The van der Waals surface area contributed by atoms with Gasteiger partial charge in [-0.1, -0.05) is 23.5 Å². The van der Waals surface area contributed by atoms with Gasteiger partial charge in [-0.05, 0) is 18.6 Å². The molecule has 1 unspecified atom stereocenters. The first kappa shape index (κ1) is 15.1. The van der Waals surface area contributed by atoms with Crippen LogP contribution >= 0.6 is 11.3 Å². The van der Waals surface area contributed by atoms with Crippen molar-refractivity contribution in [2.24, 2.45) is 5.92 Å². The number of ether oxygens (including phenoxy) is 1. The number of hydrogen-bond donors (Lipinski definition) is 3. The molecule has 2 aromatic rings. The second kappa shape index (κ2) is 7.42. The van der Waals surface area contributed by atoms with Crippen LogP contribution in [0.25, 0.3) is 10.2 Å². The summed E-state index contributed by atoms with van der Waals surface area (Å²) in [5.74, 6) is 0.451. The van der Waals surface area contributed by atoms with Crippen LogP contribution < -0.4 is 16.0 Å². The Kier molecular flexibility index (Phi) is 5.07. The molecule has 1 aliphatic heterocycles. The summed E-state index contributed by atoms with van der Waals surface area (Å²) < 4.78 is 6.44. The molecule has 1 aromatic carbocycles. The van der Waals surface area contributed by atoms with Crippen molar-refractivity contribution in [1.29, 1.82) is 0 Å². The van der Waals surface area contributed by atoms with Crippen molar-refractivity contribution in [3.63, 3.8) is 0 Å². The highest BCUT2D eigenvalue weighted by Gasteiger charge is 2.15. The molecule has 1 aliphatic rings. The summed E-state index contributed by atoms with van der Waals surface area (Å²) in [6.07, 6.45) is 1.03. The third kappa shape index (κ3) is 4.08. The Morgan fingerprint density at radius 2 is 2.23 bits per heavy atom. The number of anilines is 1. The fourth-order valence-electron chi connectivity index (χ4n) is 2.34. The zero-order valence-electron chi connectivity index (χ0n) is 12.3. The van der Waals surface area contributed by atoms with Crippen LogP contribution in [0.3, 0.4) is 0 Å². The highest BCUT2D eigenvalue weighted by Crippen LogP contribution is 2.24. The lowest BCUT2D eigenvalue weighted by atomic mass is 10.1. The van der Waals surface area contributed by atoms with E-state index in [1.54, 1.807) is 11.3 Å². The molecule has 7 heteroatoms. The Bertz CT molecular complexity index is 592. The predicted molar refractivity (Wildman–Crippen MR) is 88.4 cm³/mol. The average molecular weight is 320 g/mol. The topological polar surface area (TPSA) is 75.3 Å². The number of nitrogens with one attached hydrogen (secondary N) is 3. The zero-order chi connectivity index (χ0) is 15.2. The minimum Gasteiger partial charge on any atom is -0.381 e. The molecule has 0 aliphatic carbocycles. The number of urea groups is 1. The molecule has 22 heavy (non-hydrogen) atoms. The Hall–Kier alpha value is -1.86. The Balaban J connectivity index is 1.33. The molecule has 2 amide bonds. The summed E-state index contributed by atoms with van der Waals surface area (Å²) in [6.45, 7) is 3.44. The first-order chi connectivity index (χ1) is 10.8. The lowest BCUT2D eigenvalue weighted by molar-refractivity contribution is 0.185. The molecule has 0 spiro atoms. The molecular formula is C15H20N4O2S. The smallest absolute Gasteiger partial charge is 0.314 e. The van der Waals surface area contributed by atoms with Crippen molar-refractivity contribution in [2.45, 2.75) is 6.42 Å². The molecule has 1 atom stereocenters. The van der Waals surface area contributed by atoms with Crippen molar-refractivity contribution < 1.29 is 9.53 Å². The molecule has 118 valence electrons. The maximum atomic E-state index is 11.6. The number of carbonyl (C=O) groups is 1. The number of amides is 2. The minimum atomic E-state index is -0.127. The SMILES string of the molecule is O=C(NCCNc1nc2ccccc2s1)NCC1CCOC1. The van der Waals surface area contributed by atoms with E-state index in [9.17, 15) is 4.79 Å². The highest BCUT2D eigenvalue weighted by atomic mass is 32.1. The number of rotatable bonds is 6. The van der Waals surface area contributed by atoms with Gasteiger partial charge in [0.15, 0.2) is 5.13 Å². The lowest BCUT2D eigenvalue weighted by Gasteiger charge is -2.10. The summed E-state index contributed by atoms with van der Waals surface area (Å²) in [6, 6.07) is 7.91. The molecule has 1 saturated heterocycles. The van der Waals surface area contributed by atoms with Gasteiger partial charge < -0.3 is 20.7 Å². The van der Waals surface area contributed by atoms with E-state index in [2.05, 4.69) is 27.0 Å². The Morgan fingerprint density at radius 3 is 3.05 bits per heavy atom. The van der Waals surface area contributed by atoms with Gasteiger partial charge in [0.2, 0.25) is 0 Å². The molecule has 1 fully saturated rings. The summed E-state index contributed by atoms with van der Waals surface area (Å²) in [5.41, 5.74) is 1.000. The van der Waals surface area contributed by atoms with Crippen LogP contribution in [0.4, 0.5) is 9.93 Å². The van der Waals surface area contributed by atoms with Crippen molar-refractivity contribution in [3.8, 4) is 0 Å². The second-order valence-electron chi connectivity index (χ2n) is 5.28. The van der Waals surface area contributed by atoms with E-state index in [1.165, 1.54) is 0 Å². The third-order valence-electron chi connectivity index (χ3n) is 3.56. The number of nitrogens with zero attached hydrogens (tertiary/aromatic N) is 1. The zero-order valence-corrected chi connectivity index (χ0v) is 13.1. The molecule has 0 saturated carbocycles. The number of thiazole rings is 1. The number of benzene rings is 1. The van der Waals surface area contributed by atoms with E-state index in [-0.39, 0.29) is 6.03 Å². The average Bonchev–Trinajstić information content (AvgIpc) is 3.18. The van der Waals surface area contributed by atoms with Crippen molar-refractivity contribution in [1.82, 2.24) is 15.6 Å². The van der Waals surface area contributed by atoms with Crippen LogP contribution in [0.5, 0.6) is 0 Å². The van der Waals surface area contributed by atoms with Crippen molar-refractivity contribution in [2.75, 3.05) is 38.2 Å². The van der Waals surface area contributed by atoms with Gasteiger partial charge in [0.25, 0.3) is 0 Å². The molecule has 6 nitrogen and oxygen atoms in total. The Labute approximate surface area is 133 Å². The van der Waals surface area contributed by atoms with Crippen LogP contribution in [0, 0.1) is 5.92 Å². The number of fused-ring (bicyclic) bond motifs is 1. The van der Waals surface area contributed by atoms with Crippen LogP contribution in [0.15, 0.2) is 24.3 Å². The maximum absolute atomic E-state index is 11.6. The Morgan fingerprint density at radius 1 is 1.32 bits per heavy atom. The van der Waals surface area contributed by atoms with E-state index >= 15 is 0 Å². The van der Waals surface area contributed by atoms with Gasteiger partial charge in [0.1, 0.15) is 0 Å². The van der Waals surface area contributed by atoms with Crippen LogP contribution in [-0.4, -0.2) is 43.9 Å². The monoisotopic (exact) mass is 320 g/mol. The summed E-state index contributed by atoms with van der Waals surface area (Å²) in [7, 11) is 0. The summed E-state index contributed by atoms with van der Waals surface area (Å²) >= 11 is 1.62. The third-order valence-corrected chi connectivity index (χ3v) is 4.55. The van der Waals surface area contributed by atoms with Crippen LogP contribution in [0.1, 0.15) is 6.42 Å². The molecule has 1 aromatic heterocycles. The van der Waals surface area contributed by atoms with Crippen LogP contribution in [-0.2, 0) is 4.74 Å². The summed E-state index contributed by atoms with van der Waals surface area (Å²) in [5, 5.41) is 9.82. The van der Waals surface area contributed by atoms with E-state index in [4.69, 9.17) is 4.74 Å². The van der Waals surface area contributed by atoms with Crippen molar-refractivity contribution in [3.05, 3.63) is 24.3 Å². The fraction of sp³-hybridized carbons (Fsp3) is 0.467. The van der Waals surface area contributed by atoms with Gasteiger partial charge in [0, 0.05) is 32.2 Å². The standard InChI is InChI=1S/C15H20N4O2S/c20-14(18-9-11-5-8-21-10-11)16-6-7-17-15-19-12-3-1-2-4-13(12)22-15/h1-4,11H,5-10H2,(H,17,19)(H2,16,18,20). The van der Waals surface area contributed by atoms with Crippen LogP contribution in [0.2, 0.25) is 0 Å². The number of carbonyl (C=O) groups excluding carboxylic acids is 1. The molecule has 3 N–H and O–H groups in total. The van der Waals surface area contributed by atoms with Gasteiger partial charge in [0.05, 0.1) is 16.8 Å². The quantitative estimate of drug-likeness (QED) is 0.712. The molecular weight excluding hydrogens is 300 g/mol. The summed E-state index contributed by atoms with van der Waals surface area (Å²) in [4.78, 5) is 16.1. The number of para-hydroxylation sites is 1. The maximum Gasteiger partial charge on any atom is 0.314 e. The molecule has 2 heterocycles. The minimum absolute atomic E-state index is 0.127. The normalized spacial score (nSPS) is 17.5. The first-order valence-corrected chi connectivity index (χ1v) is 8.32. The van der Waals surface area contributed by atoms with E-state index in [0.717, 1.165) is 35.0 Å². The largest absolute Gasteiger partial charge is 0.381 e. The van der Waals surface area contributed by atoms with Gasteiger partial charge in [-0.15, -0.1) is 0 Å². The molecule has 0 radical (unpaired) electrons. The number of aromatic nitrogens is 1. The number of hydrogen-bond acceptors (Lipinski definition) is 5. The van der Waals surface area contributed by atoms with Gasteiger partial charge >= 0.3 is 6.03 Å². The van der Waals surface area contributed by atoms with E-state index in [1.807, 2.05) is 18.2 Å². The van der Waals surface area contributed by atoms with Gasteiger partial charge in [-0.3, -0.25) is 0 Å². The second-order valence-corrected chi connectivity index (χ2v) is 6.31. The lowest BCUT2D eigenvalue weighted by Crippen LogP contribution is -2.40. The van der Waals surface area contributed by atoms with Crippen molar-refractivity contribution >= 4 is 32.7 Å². The van der Waals surface area contributed by atoms with Gasteiger partial charge in [-0.25, -0.2) is 9.78 Å². The fourth-order valence-corrected chi connectivity index (χ4v) is 3.23. The molecule has 0 bridgehead atoms. The predicted octanol–water partition coefficient (Wildman–Crippen LogP) is 2.04. The highest BCUT2D eigenvalue weighted by molar-refractivity contribution is 7.22. The van der Waals surface area contributed by atoms with E-state index in [0.29, 0.717) is 25.6 Å². The first-order valence-electron chi connectivity index (χ1n) is 7.50.